The molecule has 1 heterocycles. The fraction of sp³-hybridized carbons (Fsp3) is 0.250. The van der Waals surface area contributed by atoms with Crippen LogP contribution in [0.25, 0.3) is 11.5 Å². The van der Waals surface area contributed by atoms with E-state index in [0.29, 0.717) is 28.2 Å². The Hall–Kier alpha value is -3.00. The Balaban J connectivity index is 1.60. The van der Waals surface area contributed by atoms with Gasteiger partial charge in [0.15, 0.2) is 0 Å². The van der Waals surface area contributed by atoms with Crippen LogP contribution in [0.3, 0.4) is 0 Å². The first-order valence-corrected chi connectivity index (χ1v) is 9.68. The van der Waals surface area contributed by atoms with Crippen LogP contribution >= 0.6 is 11.8 Å². The molecule has 0 aliphatic carbocycles. The molecule has 0 spiro atoms. The highest BCUT2D eigenvalue weighted by atomic mass is 32.2. The SMILES string of the molecule is CCc1ccc(NC(=O)CSc2nnc(-c3cc(OC)cc(OC)c3)o2)cc1. The van der Waals surface area contributed by atoms with E-state index in [-0.39, 0.29) is 11.7 Å². The Labute approximate surface area is 167 Å². The first kappa shape index (κ1) is 19.8. The van der Waals surface area contributed by atoms with Crippen LogP contribution in [-0.4, -0.2) is 36.1 Å². The lowest BCUT2D eigenvalue weighted by Crippen LogP contribution is -2.13. The van der Waals surface area contributed by atoms with E-state index >= 15 is 0 Å². The average Bonchev–Trinajstić information content (AvgIpc) is 3.21. The normalized spacial score (nSPS) is 10.5. The summed E-state index contributed by atoms with van der Waals surface area (Å²) in [6.45, 7) is 2.09. The molecule has 2 aromatic carbocycles. The van der Waals surface area contributed by atoms with Gasteiger partial charge in [0.2, 0.25) is 11.8 Å². The van der Waals surface area contributed by atoms with Crippen molar-refractivity contribution in [1.82, 2.24) is 10.2 Å². The molecule has 8 heteroatoms. The Morgan fingerprint density at radius 3 is 2.36 bits per heavy atom. The number of rotatable bonds is 8. The van der Waals surface area contributed by atoms with Crippen molar-refractivity contribution in [3.63, 3.8) is 0 Å². The van der Waals surface area contributed by atoms with Crippen LogP contribution in [-0.2, 0) is 11.2 Å². The number of carbonyl (C=O) groups is 1. The number of amides is 1. The maximum absolute atomic E-state index is 12.1. The highest BCUT2D eigenvalue weighted by Crippen LogP contribution is 2.30. The van der Waals surface area contributed by atoms with Gasteiger partial charge in [-0.15, -0.1) is 10.2 Å². The zero-order chi connectivity index (χ0) is 19.9. The van der Waals surface area contributed by atoms with Gasteiger partial charge < -0.3 is 19.2 Å². The number of ether oxygens (including phenoxy) is 2. The van der Waals surface area contributed by atoms with E-state index in [4.69, 9.17) is 13.9 Å². The molecule has 0 aliphatic rings. The van der Waals surface area contributed by atoms with Crippen molar-refractivity contribution in [1.29, 1.82) is 0 Å². The quantitative estimate of drug-likeness (QED) is 0.572. The Morgan fingerprint density at radius 2 is 1.75 bits per heavy atom. The summed E-state index contributed by atoms with van der Waals surface area (Å²) in [5.41, 5.74) is 2.66. The summed E-state index contributed by atoms with van der Waals surface area (Å²) in [6.07, 6.45) is 0.961. The summed E-state index contributed by atoms with van der Waals surface area (Å²) in [5, 5.41) is 11.2. The van der Waals surface area contributed by atoms with Crippen molar-refractivity contribution < 1.29 is 18.7 Å². The van der Waals surface area contributed by atoms with Gasteiger partial charge in [0.05, 0.1) is 20.0 Å². The van der Waals surface area contributed by atoms with Crippen LogP contribution in [0.4, 0.5) is 5.69 Å². The molecule has 146 valence electrons. The molecular weight excluding hydrogens is 378 g/mol. The molecule has 1 aromatic heterocycles. The summed E-state index contributed by atoms with van der Waals surface area (Å²) in [6, 6.07) is 13.1. The lowest BCUT2D eigenvalue weighted by molar-refractivity contribution is -0.113. The number of aromatic nitrogens is 2. The molecule has 3 rings (SSSR count). The van der Waals surface area contributed by atoms with E-state index in [0.717, 1.165) is 12.1 Å². The second kappa shape index (κ2) is 9.27. The summed E-state index contributed by atoms with van der Waals surface area (Å²) in [5.74, 6) is 1.59. The number of carbonyl (C=O) groups excluding carboxylic acids is 1. The monoisotopic (exact) mass is 399 g/mol. The number of methoxy groups -OCH3 is 2. The first-order valence-electron chi connectivity index (χ1n) is 8.69. The van der Waals surface area contributed by atoms with Gasteiger partial charge in [0, 0.05) is 17.3 Å². The second-order valence-electron chi connectivity index (χ2n) is 5.86. The maximum atomic E-state index is 12.1. The molecule has 0 radical (unpaired) electrons. The van der Waals surface area contributed by atoms with Gasteiger partial charge in [-0.25, -0.2) is 0 Å². The molecule has 0 bridgehead atoms. The van der Waals surface area contributed by atoms with E-state index in [1.807, 2.05) is 24.3 Å². The van der Waals surface area contributed by atoms with Gasteiger partial charge in [0.25, 0.3) is 5.22 Å². The fourth-order valence-electron chi connectivity index (χ4n) is 2.46. The predicted molar refractivity (Wildman–Crippen MR) is 108 cm³/mol. The third-order valence-corrected chi connectivity index (χ3v) is 4.80. The lowest BCUT2D eigenvalue weighted by Gasteiger charge is -2.06. The Kier molecular flexibility index (Phi) is 6.54. The maximum Gasteiger partial charge on any atom is 0.277 e. The van der Waals surface area contributed by atoms with Gasteiger partial charge in [0.1, 0.15) is 11.5 Å². The van der Waals surface area contributed by atoms with Crippen LogP contribution < -0.4 is 14.8 Å². The minimum absolute atomic E-state index is 0.142. The zero-order valence-electron chi connectivity index (χ0n) is 15.9. The number of thioether (sulfide) groups is 1. The van der Waals surface area contributed by atoms with Crippen molar-refractivity contribution in [3.05, 3.63) is 48.0 Å². The largest absolute Gasteiger partial charge is 0.497 e. The number of nitrogens with one attached hydrogen (secondary N) is 1. The first-order chi connectivity index (χ1) is 13.6. The zero-order valence-corrected chi connectivity index (χ0v) is 16.7. The number of benzene rings is 2. The fourth-order valence-corrected chi connectivity index (χ4v) is 3.03. The Morgan fingerprint density at radius 1 is 1.07 bits per heavy atom. The van der Waals surface area contributed by atoms with Crippen LogP contribution in [0.5, 0.6) is 11.5 Å². The Bertz CT molecular complexity index is 919. The smallest absolute Gasteiger partial charge is 0.277 e. The molecule has 0 saturated heterocycles. The third kappa shape index (κ3) is 5.04. The minimum atomic E-state index is -0.142. The lowest BCUT2D eigenvalue weighted by atomic mass is 10.1. The molecule has 0 fully saturated rings. The molecule has 0 aliphatic heterocycles. The molecule has 28 heavy (non-hydrogen) atoms. The molecule has 0 atom stereocenters. The average molecular weight is 399 g/mol. The molecule has 0 unspecified atom stereocenters. The topological polar surface area (TPSA) is 86.5 Å². The van der Waals surface area contributed by atoms with Gasteiger partial charge >= 0.3 is 0 Å². The summed E-state index contributed by atoms with van der Waals surface area (Å²) in [7, 11) is 3.14. The third-order valence-electron chi connectivity index (χ3n) is 3.98. The molecule has 1 amide bonds. The van der Waals surface area contributed by atoms with Gasteiger partial charge in [-0.3, -0.25) is 4.79 Å². The molecule has 1 N–H and O–H groups in total. The number of hydrogen-bond acceptors (Lipinski definition) is 7. The number of hydrogen-bond donors (Lipinski definition) is 1. The minimum Gasteiger partial charge on any atom is -0.497 e. The second-order valence-corrected chi connectivity index (χ2v) is 6.79. The number of anilines is 1. The van der Waals surface area contributed by atoms with Crippen molar-refractivity contribution in [2.45, 2.75) is 18.6 Å². The molecule has 7 nitrogen and oxygen atoms in total. The molecular formula is C20H21N3O4S. The van der Waals surface area contributed by atoms with Crippen molar-refractivity contribution in [2.24, 2.45) is 0 Å². The van der Waals surface area contributed by atoms with Gasteiger partial charge in [-0.05, 0) is 36.2 Å². The van der Waals surface area contributed by atoms with Crippen LogP contribution in [0.15, 0.2) is 52.1 Å². The van der Waals surface area contributed by atoms with E-state index in [2.05, 4.69) is 22.4 Å². The van der Waals surface area contributed by atoms with E-state index in [1.54, 1.807) is 32.4 Å². The van der Waals surface area contributed by atoms with Crippen molar-refractivity contribution in [2.75, 3.05) is 25.3 Å². The number of aryl methyl sites for hydroxylation is 1. The highest BCUT2D eigenvalue weighted by molar-refractivity contribution is 7.99. The highest BCUT2D eigenvalue weighted by Gasteiger charge is 2.13. The summed E-state index contributed by atoms with van der Waals surface area (Å²) in [4.78, 5) is 12.1. The number of nitrogens with zero attached hydrogens (tertiary/aromatic N) is 2. The van der Waals surface area contributed by atoms with E-state index in [9.17, 15) is 4.79 Å². The summed E-state index contributed by atoms with van der Waals surface area (Å²) >= 11 is 1.18. The van der Waals surface area contributed by atoms with E-state index < -0.39 is 0 Å². The standard InChI is InChI=1S/C20H21N3O4S/c1-4-13-5-7-15(8-6-13)21-18(24)12-28-20-23-22-19(27-20)14-9-16(25-2)11-17(10-14)26-3/h5-11H,4,12H2,1-3H3,(H,21,24). The van der Waals surface area contributed by atoms with Crippen LogP contribution in [0.1, 0.15) is 12.5 Å². The van der Waals surface area contributed by atoms with Gasteiger partial charge in [-0.1, -0.05) is 30.8 Å². The van der Waals surface area contributed by atoms with Crippen LogP contribution in [0, 0.1) is 0 Å². The molecule has 3 aromatic rings. The van der Waals surface area contributed by atoms with Crippen molar-refractivity contribution in [3.8, 4) is 23.0 Å². The predicted octanol–water partition coefficient (Wildman–Crippen LogP) is 4.05. The van der Waals surface area contributed by atoms with Crippen LogP contribution in [0.2, 0.25) is 0 Å². The van der Waals surface area contributed by atoms with Crippen molar-refractivity contribution >= 4 is 23.4 Å². The van der Waals surface area contributed by atoms with Gasteiger partial charge in [-0.2, -0.15) is 0 Å². The van der Waals surface area contributed by atoms with E-state index in [1.165, 1.54) is 17.3 Å². The molecule has 0 saturated carbocycles. The summed E-state index contributed by atoms with van der Waals surface area (Å²) < 4.78 is 16.1.